The van der Waals surface area contributed by atoms with E-state index in [1.807, 2.05) is 13.0 Å². The number of hydrogen-bond donors (Lipinski definition) is 2. The molecule has 0 atom stereocenters. The molecule has 2 aromatic heterocycles. The zero-order valence-electron chi connectivity index (χ0n) is 18.6. The molecule has 1 aliphatic rings. The largest absolute Gasteiger partial charge is 0.357 e. The Labute approximate surface area is 196 Å². The van der Waals surface area contributed by atoms with Crippen molar-refractivity contribution in [2.75, 3.05) is 24.5 Å². The molecule has 0 saturated carbocycles. The van der Waals surface area contributed by atoms with Crippen LogP contribution in [0.2, 0.25) is 0 Å². The molecule has 0 radical (unpaired) electrons. The van der Waals surface area contributed by atoms with Gasteiger partial charge >= 0.3 is 0 Å². The first kappa shape index (κ1) is 24.4. The maximum Gasteiger partial charge on any atom is 0.232 e. The summed E-state index contributed by atoms with van der Waals surface area (Å²) in [7, 11) is 0. The number of aliphatic imine (C=N–C) groups is 1. The van der Waals surface area contributed by atoms with Gasteiger partial charge in [0.05, 0.1) is 0 Å². The standard InChI is InChI=1S/C21H33N7O.HI/c1-6-22-20(23-14-17-26-19(29-27-17)21(3,4)5)25-16-10-12-28(13-11-16)18-9-7-8-15(2)24-18;/h7-9,16H,6,10-14H2,1-5H3,(H2,22,23,25);1H. The Morgan fingerprint density at radius 1 is 1.23 bits per heavy atom. The van der Waals surface area contributed by atoms with Crippen LogP contribution in [0.5, 0.6) is 0 Å². The van der Waals surface area contributed by atoms with E-state index in [0.29, 0.717) is 24.3 Å². The first-order valence-corrected chi connectivity index (χ1v) is 10.4. The molecular formula is C21H34IN7O. The fraction of sp³-hybridized carbons (Fsp3) is 0.619. The first-order valence-electron chi connectivity index (χ1n) is 10.4. The SMILES string of the molecule is CCNC(=NCc1noc(C(C)(C)C)n1)NC1CCN(c2cccc(C)n2)CC1.I. The second kappa shape index (κ2) is 10.9. The Morgan fingerprint density at radius 3 is 2.57 bits per heavy atom. The smallest absolute Gasteiger partial charge is 0.232 e. The molecule has 1 saturated heterocycles. The summed E-state index contributed by atoms with van der Waals surface area (Å²) in [5.41, 5.74) is 0.901. The van der Waals surface area contributed by atoms with Crippen LogP contribution in [0.15, 0.2) is 27.7 Å². The van der Waals surface area contributed by atoms with Crippen LogP contribution in [0.3, 0.4) is 0 Å². The molecule has 0 bridgehead atoms. The second-order valence-corrected chi connectivity index (χ2v) is 8.50. The normalized spacial score (nSPS) is 15.6. The van der Waals surface area contributed by atoms with Gasteiger partial charge in [-0.2, -0.15) is 4.98 Å². The van der Waals surface area contributed by atoms with Crippen molar-refractivity contribution < 1.29 is 4.52 Å². The van der Waals surface area contributed by atoms with E-state index in [2.05, 4.69) is 75.5 Å². The van der Waals surface area contributed by atoms with E-state index in [4.69, 9.17) is 4.52 Å². The molecule has 30 heavy (non-hydrogen) atoms. The lowest BCUT2D eigenvalue weighted by Gasteiger charge is -2.34. The van der Waals surface area contributed by atoms with Crippen LogP contribution in [0.4, 0.5) is 5.82 Å². The van der Waals surface area contributed by atoms with E-state index in [-0.39, 0.29) is 29.4 Å². The van der Waals surface area contributed by atoms with Crippen LogP contribution < -0.4 is 15.5 Å². The number of piperidine rings is 1. The predicted octanol–water partition coefficient (Wildman–Crippen LogP) is 3.41. The van der Waals surface area contributed by atoms with Crippen molar-refractivity contribution in [1.82, 2.24) is 25.8 Å². The molecule has 3 heterocycles. The van der Waals surface area contributed by atoms with Crippen molar-refractivity contribution in [1.29, 1.82) is 0 Å². The number of nitrogens with zero attached hydrogens (tertiary/aromatic N) is 5. The minimum absolute atomic E-state index is 0. The summed E-state index contributed by atoms with van der Waals surface area (Å²) >= 11 is 0. The fourth-order valence-corrected chi connectivity index (χ4v) is 3.24. The summed E-state index contributed by atoms with van der Waals surface area (Å²) in [5.74, 6) is 3.10. The van der Waals surface area contributed by atoms with E-state index >= 15 is 0 Å². The summed E-state index contributed by atoms with van der Waals surface area (Å²) in [4.78, 5) is 16.1. The molecule has 8 nitrogen and oxygen atoms in total. The lowest BCUT2D eigenvalue weighted by atomic mass is 9.97. The Balaban J connectivity index is 0.00000320. The van der Waals surface area contributed by atoms with Crippen LogP contribution in [-0.4, -0.2) is 46.8 Å². The Morgan fingerprint density at radius 2 is 1.97 bits per heavy atom. The van der Waals surface area contributed by atoms with Gasteiger partial charge in [-0.15, -0.1) is 24.0 Å². The Bertz CT molecular complexity index is 823. The molecule has 2 N–H and O–H groups in total. The predicted molar refractivity (Wildman–Crippen MR) is 131 cm³/mol. The number of rotatable bonds is 5. The minimum Gasteiger partial charge on any atom is -0.357 e. The van der Waals surface area contributed by atoms with Gasteiger partial charge in [0.25, 0.3) is 0 Å². The molecule has 0 aliphatic carbocycles. The number of guanidine groups is 1. The van der Waals surface area contributed by atoms with E-state index in [1.54, 1.807) is 0 Å². The second-order valence-electron chi connectivity index (χ2n) is 8.50. The summed E-state index contributed by atoms with van der Waals surface area (Å²) in [6.07, 6.45) is 2.08. The summed E-state index contributed by atoms with van der Waals surface area (Å²) in [6, 6.07) is 6.57. The highest BCUT2D eigenvalue weighted by atomic mass is 127. The summed E-state index contributed by atoms with van der Waals surface area (Å²) in [5, 5.41) is 10.9. The zero-order chi connectivity index (χ0) is 20.9. The van der Waals surface area contributed by atoms with E-state index in [1.165, 1.54) is 0 Å². The molecule has 166 valence electrons. The number of anilines is 1. The van der Waals surface area contributed by atoms with Crippen molar-refractivity contribution in [3.05, 3.63) is 35.6 Å². The Kier molecular flexibility index (Phi) is 8.87. The van der Waals surface area contributed by atoms with Gasteiger partial charge in [-0.3, -0.25) is 0 Å². The van der Waals surface area contributed by atoms with Crippen LogP contribution >= 0.6 is 24.0 Å². The monoisotopic (exact) mass is 527 g/mol. The van der Waals surface area contributed by atoms with Crippen LogP contribution in [-0.2, 0) is 12.0 Å². The minimum atomic E-state index is -0.155. The third kappa shape index (κ3) is 6.82. The molecule has 0 spiro atoms. The highest BCUT2D eigenvalue weighted by Crippen LogP contribution is 2.20. The van der Waals surface area contributed by atoms with Crippen LogP contribution in [0, 0.1) is 6.92 Å². The van der Waals surface area contributed by atoms with Gasteiger partial charge in [-0.05, 0) is 38.8 Å². The highest BCUT2D eigenvalue weighted by Gasteiger charge is 2.23. The van der Waals surface area contributed by atoms with Crippen molar-refractivity contribution in [3.8, 4) is 0 Å². The lowest BCUT2D eigenvalue weighted by Crippen LogP contribution is -2.49. The van der Waals surface area contributed by atoms with Crippen LogP contribution in [0.1, 0.15) is 57.9 Å². The third-order valence-corrected chi connectivity index (χ3v) is 4.87. The van der Waals surface area contributed by atoms with Crippen molar-refractivity contribution in [3.63, 3.8) is 0 Å². The quantitative estimate of drug-likeness (QED) is 0.350. The van der Waals surface area contributed by atoms with Crippen molar-refractivity contribution >= 4 is 35.8 Å². The molecule has 3 rings (SSSR count). The molecule has 1 fully saturated rings. The van der Waals surface area contributed by atoms with Gasteiger partial charge in [-0.25, -0.2) is 9.98 Å². The van der Waals surface area contributed by atoms with Gasteiger partial charge < -0.3 is 20.1 Å². The molecule has 0 amide bonds. The highest BCUT2D eigenvalue weighted by molar-refractivity contribution is 14.0. The summed E-state index contributed by atoms with van der Waals surface area (Å²) < 4.78 is 5.35. The number of hydrogen-bond acceptors (Lipinski definition) is 6. The molecule has 2 aromatic rings. The van der Waals surface area contributed by atoms with E-state index in [9.17, 15) is 0 Å². The Hall–Kier alpha value is -1.91. The zero-order valence-corrected chi connectivity index (χ0v) is 20.9. The maximum atomic E-state index is 5.35. The third-order valence-electron chi connectivity index (χ3n) is 4.87. The average Bonchev–Trinajstić information content (AvgIpc) is 3.16. The van der Waals surface area contributed by atoms with Gasteiger partial charge in [0.15, 0.2) is 11.8 Å². The van der Waals surface area contributed by atoms with Crippen molar-refractivity contribution in [2.45, 2.75) is 65.5 Å². The van der Waals surface area contributed by atoms with Gasteiger partial charge in [0.2, 0.25) is 5.89 Å². The van der Waals surface area contributed by atoms with E-state index < -0.39 is 0 Å². The molecule has 1 aliphatic heterocycles. The topological polar surface area (TPSA) is 91.5 Å². The number of pyridine rings is 1. The maximum absolute atomic E-state index is 5.35. The van der Waals surface area contributed by atoms with Gasteiger partial charge in [-0.1, -0.05) is 32.0 Å². The number of aryl methyl sites for hydroxylation is 1. The van der Waals surface area contributed by atoms with Gasteiger partial charge in [0, 0.05) is 36.8 Å². The molecule has 0 aromatic carbocycles. The number of nitrogens with one attached hydrogen (secondary N) is 2. The van der Waals surface area contributed by atoms with E-state index in [0.717, 1.165) is 49.9 Å². The first-order chi connectivity index (χ1) is 13.8. The van der Waals surface area contributed by atoms with Gasteiger partial charge in [0.1, 0.15) is 12.4 Å². The fourth-order valence-electron chi connectivity index (χ4n) is 3.24. The summed E-state index contributed by atoms with van der Waals surface area (Å²) in [6.45, 7) is 13.4. The molecule has 0 unspecified atom stereocenters. The lowest BCUT2D eigenvalue weighted by molar-refractivity contribution is 0.318. The average molecular weight is 527 g/mol. The van der Waals surface area contributed by atoms with Crippen molar-refractivity contribution in [2.24, 2.45) is 4.99 Å². The molecule has 9 heteroatoms. The molecular weight excluding hydrogens is 493 g/mol. The number of halogens is 1. The van der Waals surface area contributed by atoms with Crippen LogP contribution in [0.25, 0.3) is 0 Å². The number of aromatic nitrogens is 3.